The molecule has 2 heterocycles. The second kappa shape index (κ2) is 5.50. The number of nitrogens with zero attached hydrogens (tertiary/aromatic N) is 2. The predicted molar refractivity (Wildman–Crippen MR) is 64.3 cm³/mol. The Morgan fingerprint density at radius 1 is 1.44 bits per heavy atom. The largest absolute Gasteiger partial charge is 0.392 e. The summed E-state index contributed by atoms with van der Waals surface area (Å²) in [6, 6.07) is 1.36. The lowest BCUT2D eigenvalue weighted by Crippen LogP contribution is -2.27. The maximum atomic E-state index is 13.0. The minimum absolute atomic E-state index is 0.163. The van der Waals surface area contributed by atoms with Gasteiger partial charge in [-0.25, -0.2) is 9.37 Å². The van der Waals surface area contributed by atoms with Crippen molar-refractivity contribution in [3.05, 3.63) is 23.6 Å². The van der Waals surface area contributed by atoms with E-state index in [1.54, 1.807) is 0 Å². The summed E-state index contributed by atoms with van der Waals surface area (Å²) in [4.78, 5) is 6.23. The first-order valence-corrected chi connectivity index (χ1v) is 6.54. The van der Waals surface area contributed by atoms with Crippen LogP contribution in [0.4, 0.5) is 10.2 Å². The molecule has 0 amide bonds. The van der Waals surface area contributed by atoms with E-state index in [1.807, 2.05) is 11.8 Å². The molecule has 0 aromatic carbocycles. The average molecular weight is 242 g/mol. The second-order valence-corrected chi connectivity index (χ2v) is 4.97. The van der Waals surface area contributed by atoms with Crippen molar-refractivity contribution in [1.29, 1.82) is 0 Å². The molecule has 1 saturated heterocycles. The van der Waals surface area contributed by atoms with E-state index in [0.29, 0.717) is 5.56 Å². The first-order chi connectivity index (χ1) is 7.81. The van der Waals surface area contributed by atoms with Crippen molar-refractivity contribution in [3.63, 3.8) is 0 Å². The Bertz CT molecular complexity index is 354. The van der Waals surface area contributed by atoms with Crippen molar-refractivity contribution < 1.29 is 9.50 Å². The summed E-state index contributed by atoms with van der Waals surface area (Å²) in [5.74, 6) is 2.55. The smallest absolute Gasteiger partial charge is 0.142 e. The number of hydrogen-bond acceptors (Lipinski definition) is 4. The number of aliphatic hydroxyl groups is 1. The van der Waals surface area contributed by atoms with Gasteiger partial charge in [-0.3, -0.25) is 0 Å². The van der Waals surface area contributed by atoms with Crippen molar-refractivity contribution in [2.75, 3.05) is 29.5 Å². The number of rotatable bonds is 2. The third kappa shape index (κ3) is 2.65. The lowest BCUT2D eigenvalue weighted by atomic mass is 10.2. The first-order valence-electron chi connectivity index (χ1n) is 5.39. The molecule has 0 saturated carbocycles. The molecule has 0 atom stereocenters. The molecule has 3 nitrogen and oxygen atoms in total. The van der Waals surface area contributed by atoms with Gasteiger partial charge in [0, 0.05) is 24.4 Å². The van der Waals surface area contributed by atoms with Gasteiger partial charge in [0.05, 0.1) is 12.8 Å². The van der Waals surface area contributed by atoms with Crippen LogP contribution in [0, 0.1) is 5.82 Å². The van der Waals surface area contributed by atoms with Gasteiger partial charge < -0.3 is 10.0 Å². The van der Waals surface area contributed by atoms with Gasteiger partial charge in [0.25, 0.3) is 0 Å². The molecular formula is C11H15FN2OS. The zero-order valence-electron chi connectivity index (χ0n) is 9.03. The maximum absolute atomic E-state index is 13.0. The molecule has 0 aliphatic carbocycles. The fourth-order valence-corrected chi connectivity index (χ4v) is 2.72. The monoisotopic (exact) mass is 242 g/mol. The van der Waals surface area contributed by atoms with Crippen LogP contribution < -0.4 is 4.90 Å². The zero-order valence-corrected chi connectivity index (χ0v) is 9.84. The fourth-order valence-electron chi connectivity index (χ4n) is 1.83. The highest BCUT2D eigenvalue weighted by Gasteiger charge is 2.15. The number of hydrogen-bond donors (Lipinski definition) is 1. The minimum atomic E-state index is -0.392. The number of aliphatic hydroxyl groups excluding tert-OH is 1. The lowest BCUT2D eigenvalue weighted by molar-refractivity contribution is 0.281. The summed E-state index contributed by atoms with van der Waals surface area (Å²) >= 11 is 1.92. The topological polar surface area (TPSA) is 36.4 Å². The Hall–Kier alpha value is -0.810. The summed E-state index contributed by atoms with van der Waals surface area (Å²) < 4.78 is 13.0. The van der Waals surface area contributed by atoms with Gasteiger partial charge in [-0.15, -0.1) is 0 Å². The standard InChI is InChI=1S/C11H15FN2OS/c12-10-6-9(8-15)11(13-7-10)14-2-1-4-16-5-3-14/h6-7,15H,1-5,8H2. The van der Waals surface area contributed by atoms with Crippen LogP contribution in [-0.4, -0.2) is 34.7 Å². The van der Waals surface area contributed by atoms with Crippen molar-refractivity contribution in [3.8, 4) is 0 Å². The molecule has 1 aliphatic heterocycles. The lowest BCUT2D eigenvalue weighted by Gasteiger charge is -2.23. The SMILES string of the molecule is OCc1cc(F)cnc1N1CCCSCC1. The number of aromatic nitrogens is 1. The molecule has 1 fully saturated rings. The van der Waals surface area contributed by atoms with E-state index in [0.717, 1.165) is 36.8 Å². The second-order valence-electron chi connectivity index (χ2n) is 3.75. The summed E-state index contributed by atoms with van der Waals surface area (Å²) in [5.41, 5.74) is 0.576. The summed E-state index contributed by atoms with van der Waals surface area (Å²) in [7, 11) is 0. The van der Waals surface area contributed by atoms with Crippen molar-refractivity contribution in [1.82, 2.24) is 4.98 Å². The molecule has 0 spiro atoms. The van der Waals surface area contributed by atoms with E-state index in [2.05, 4.69) is 9.88 Å². The molecular weight excluding hydrogens is 227 g/mol. The number of halogens is 1. The van der Waals surface area contributed by atoms with Crippen LogP contribution in [0.5, 0.6) is 0 Å². The Balaban J connectivity index is 2.23. The third-order valence-corrected chi connectivity index (χ3v) is 3.65. The Labute approximate surface area is 98.7 Å². The summed E-state index contributed by atoms with van der Waals surface area (Å²) in [6.07, 6.45) is 2.32. The number of thioether (sulfide) groups is 1. The average Bonchev–Trinajstić information content (AvgIpc) is 2.57. The quantitative estimate of drug-likeness (QED) is 0.855. The van der Waals surface area contributed by atoms with Crippen LogP contribution in [0.15, 0.2) is 12.3 Å². The molecule has 88 valence electrons. The van der Waals surface area contributed by atoms with E-state index in [9.17, 15) is 9.50 Å². The van der Waals surface area contributed by atoms with Crippen LogP contribution >= 0.6 is 11.8 Å². The molecule has 5 heteroatoms. The predicted octanol–water partition coefficient (Wildman–Crippen LogP) is 1.66. The van der Waals surface area contributed by atoms with Crippen molar-refractivity contribution >= 4 is 17.6 Å². The van der Waals surface area contributed by atoms with E-state index in [1.165, 1.54) is 12.3 Å². The molecule has 16 heavy (non-hydrogen) atoms. The van der Waals surface area contributed by atoms with Crippen LogP contribution in [0.25, 0.3) is 0 Å². The van der Waals surface area contributed by atoms with Gasteiger partial charge in [-0.2, -0.15) is 11.8 Å². The Kier molecular flexibility index (Phi) is 4.01. The fraction of sp³-hybridized carbons (Fsp3) is 0.545. The van der Waals surface area contributed by atoms with Gasteiger partial charge >= 0.3 is 0 Å². The molecule has 1 aromatic heterocycles. The Morgan fingerprint density at radius 2 is 2.31 bits per heavy atom. The molecule has 1 aromatic rings. The third-order valence-electron chi connectivity index (χ3n) is 2.60. The molecule has 1 aliphatic rings. The highest BCUT2D eigenvalue weighted by atomic mass is 32.2. The number of pyridine rings is 1. The molecule has 1 N–H and O–H groups in total. The number of anilines is 1. The molecule has 0 bridgehead atoms. The zero-order chi connectivity index (χ0) is 11.4. The van der Waals surface area contributed by atoms with Gasteiger partial charge in [-0.05, 0) is 18.2 Å². The van der Waals surface area contributed by atoms with Crippen molar-refractivity contribution in [2.45, 2.75) is 13.0 Å². The van der Waals surface area contributed by atoms with E-state index in [-0.39, 0.29) is 6.61 Å². The summed E-state index contributed by atoms with van der Waals surface area (Å²) in [5, 5.41) is 9.21. The van der Waals surface area contributed by atoms with Gasteiger partial charge in [-0.1, -0.05) is 0 Å². The molecule has 0 radical (unpaired) electrons. The van der Waals surface area contributed by atoms with Crippen LogP contribution in [-0.2, 0) is 6.61 Å². The molecule has 0 unspecified atom stereocenters. The highest BCUT2D eigenvalue weighted by Crippen LogP contribution is 2.21. The van der Waals surface area contributed by atoms with Crippen LogP contribution in [0.3, 0.4) is 0 Å². The summed E-state index contributed by atoms with van der Waals surface area (Å²) in [6.45, 7) is 1.68. The van der Waals surface area contributed by atoms with Gasteiger partial charge in [0.15, 0.2) is 0 Å². The van der Waals surface area contributed by atoms with Crippen molar-refractivity contribution in [2.24, 2.45) is 0 Å². The van der Waals surface area contributed by atoms with Crippen LogP contribution in [0.1, 0.15) is 12.0 Å². The first kappa shape index (κ1) is 11.7. The maximum Gasteiger partial charge on any atom is 0.142 e. The molecule has 2 rings (SSSR count). The minimum Gasteiger partial charge on any atom is -0.392 e. The normalized spacial score (nSPS) is 17.2. The Morgan fingerprint density at radius 3 is 3.12 bits per heavy atom. The van der Waals surface area contributed by atoms with Crippen LogP contribution in [0.2, 0.25) is 0 Å². The van der Waals surface area contributed by atoms with E-state index >= 15 is 0 Å². The van der Waals surface area contributed by atoms with Gasteiger partial charge in [0.1, 0.15) is 11.6 Å². The van der Waals surface area contributed by atoms with E-state index in [4.69, 9.17) is 0 Å². The van der Waals surface area contributed by atoms with E-state index < -0.39 is 5.82 Å². The highest BCUT2D eigenvalue weighted by molar-refractivity contribution is 7.99. The van der Waals surface area contributed by atoms with Gasteiger partial charge in [0.2, 0.25) is 0 Å².